The smallest absolute Gasteiger partial charge is 0.0730 e. The molecule has 12 heavy (non-hydrogen) atoms. The highest BCUT2D eigenvalue weighted by Crippen LogP contribution is 2.10. The minimum Gasteiger partial charge on any atom is -0.393 e. The van der Waals surface area contributed by atoms with E-state index in [1.165, 1.54) is 5.56 Å². The van der Waals surface area contributed by atoms with Crippen molar-refractivity contribution in [1.29, 1.82) is 0 Å². The summed E-state index contributed by atoms with van der Waals surface area (Å²) in [7, 11) is 0. The van der Waals surface area contributed by atoms with Crippen LogP contribution in [0.5, 0.6) is 0 Å². The van der Waals surface area contributed by atoms with E-state index in [9.17, 15) is 0 Å². The molecule has 0 atom stereocenters. The fraction of sp³-hybridized carbons (Fsp3) is 0.222. The minimum absolute atomic E-state index is 0.560. The van der Waals surface area contributed by atoms with Crippen LogP contribution in [0.15, 0.2) is 24.3 Å². The molecule has 1 aromatic carbocycles. The van der Waals surface area contributed by atoms with E-state index in [0.29, 0.717) is 4.99 Å². The largest absolute Gasteiger partial charge is 0.393 e. The van der Waals surface area contributed by atoms with E-state index in [0.717, 1.165) is 17.9 Å². The number of thiocarbonyl (C=S) groups is 1. The summed E-state index contributed by atoms with van der Waals surface area (Å²) in [4.78, 5) is 0.560. The Labute approximate surface area is 82.5 Å². The number of aryl methyl sites for hydroxylation is 1. The molecule has 64 valence electrons. The summed E-state index contributed by atoms with van der Waals surface area (Å²) in [5.41, 5.74) is 6.59. The van der Waals surface area contributed by atoms with Crippen LogP contribution in [0.3, 0.4) is 0 Å². The summed E-state index contributed by atoms with van der Waals surface area (Å²) >= 11 is 10.5. The Kier molecular flexibility index (Phi) is 3.50. The third-order valence-corrected chi connectivity index (χ3v) is 2.03. The summed E-state index contributed by atoms with van der Waals surface area (Å²) in [5, 5.41) is 0.758. The second-order valence-corrected chi connectivity index (χ2v) is 3.55. The lowest BCUT2D eigenvalue weighted by atomic mass is 10.1. The van der Waals surface area contributed by atoms with Crippen LogP contribution in [0.25, 0.3) is 0 Å². The molecule has 2 N–H and O–H groups in total. The van der Waals surface area contributed by atoms with Crippen LogP contribution in [0.2, 0.25) is 5.02 Å². The topological polar surface area (TPSA) is 26.0 Å². The van der Waals surface area contributed by atoms with Gasteiger partial charge in [0.2, 0.25) is 0 Å². The van der Waals surface area contributed by atoms with Crippen LogP contribution in [-0.2, 0) is 6.42 Å². The van der Waals surface area contributed by atoms with Crippen LogP contribution in [0.1, 0.15) is 12.0 Å². The van der Waals surface area contributed by atoms with E-state index < -0.39 is 0 Å². The van der Waals surface area contributed by atoms with E-state index >= 15 is 0 Å². The lowest BCUT2D eigenvalue weighted by molar-refractivity contribution is 1.04. The summed E-state index contributed by atoms with van der Waals surface area (Å²) in [6.45, 7) is 0. The van der Waals surface area contributed by atoms with Gasteiger partial charge >= 0.3 is 0 Å². The Hall–Kier alpha value is -0.600. The molecule has 1 aromatic rings. The number of rotatable bonds is 3. The number of halogens is 1. The minimum atomic E-state index is 0.560. The fourth-order valence-corrected chi connectivity index (χ4v) is 1.15. The van der Waals surface area contributed by atoms with Gasteiger partial charge in [-0.25, -0.2) is 0 Å². The van der Waals surface area contributed by atoms with Gasteiger partial charge in [0.05, 0.1) is 4.99 Å². The van der Waals surface area contributed by atoms with Crippen molar-refractivity contribution in [2.24, 2.45) is 5.73 Å². The first-order valence-corrected chi connectivity index (χ1v) is 4.50. The molecular formula is C9H10ClNS. The summed E-state index contributed by atoms with van der Waals surface area (Å²) < 4.78 is 0. The van der Waals surface area contributed by atoms with Gasteiger partial charge in [0.25, 0.3) is 0 Å². The first-order valence-electron chi connectivity index (χ1n) is 3.71. The van der Waals surface area contributed by atoms with Crippen molar-refractivity contribution in [3.63, 3.8) is 0 Å². The Morgan fingerprint density at radius 2 is 1.92 bits per heavy atom. The Balaban J connectivity index is 2.53. The van der Waals surface area contributed by atoms with E-state index in [1.807, 2.05) is 24.3 Å². The van der Waals surface area contributed by atoms with Crippen molar-refractivity contribution >= 4 is 28.8 Å². The van der Waals surface area contributed by atoms with Crippen LogP contribution in [-0.4, -0.2) is 4.99 Å². The monoisotopic (exact) mass is 199 g/mol. The Morgan fingerprint density at radius 1 is 1.33 bits per heavy atom. The average molecular weight is 200 g/mol. The van der Waals surface area contributed by atoms with E-state index in [2.05, 4.69) is 0 Å². The van der Waals surface area contributed by atoms with Crippen LogP contribution >= 0.6 is 23.8 Å². The maximum Gasteiger partial charge on any atom is 0.0730 e. The predicted molar refractivity (Wildman–Crippen MR) is 56.6 cm³/mol. The second kappa shape index (κ2) is 4.43. The third-order valence-electron chi connectivity index (χ3n) is 1.57. The third kappa shape index (κ3) is 3.20. The molecule has 0 aliphatic carbocycles. The van der Waals surface area contributed by atoms with Gasteiger partial charge in [0, 0.05) is 11.4 Å². The molecule has 0 aliphatic rings. The van der Waals surface area contributed by atoms with Gasteiger partial charge in [-0.05, 0) is 24.1 Å². The lowest BCUT2D eigenvalue weighted by Gasteiger charge is -1.99. The van der Waals surface area contributed by atoms with Gasteiger partial charge in [-0.1, -0.05) is 36.0 Å². The molecule has 0 saturated heterocycles. The van der Waals surface area contributed by atoms with Crippen molar-refractivity contribution in [1.82, 2.24) is 0 Å². The SMILES string of the molecule is NC(=S)CCc1ccc(Cl)cc1. The van der Waals surface area contributed by atoms with Crippen molar-refractivity contribution in [2.75, 3.05) is 0 Å². The molecule has 0 aromatic heterocycles. The molecule has 0 bridgehead atoms. The predicted octanol–water partition coefficient (Wildman–Crippen LogP) is 2.56. The molecule has 0 heterocycles. The Morgan fingerprint density at radius 3 is 2.42 bits per heavy atom. The first kappa shape index (κ1) is 9.49. The number of nitrogens with two attached hydrogens (primary N) is 1. The molecule has 0 aliphatic heterocycles. The molecule has 1 rings (SSSR count). The van der Waals surface area contributed by atoms with Crippen molar-refractivity contribution in [3.05, 3.63) is 34.9 Å². The second-order valence-electron chi connectivity index (χ2n) is 2.59. The van der Waals surface area contributed by atoms with Gasteiger partial charge < -0.3 is 5.73 Å². The zero-order valence-electron chi connectivity index (χ0n) is 6.59. The zero-order valence-corrected chi connectivity index (χ0v) is 8.16. The molecule has 0 fully saturated rings. The zero-order chi connectivity index (χ0) is 8.97. The van der Waals surface area contributed by atoms with Crippen molar-refractivity contribution in [2.45, 2.75) is 12.8 Å². The van der Waals surface area contributed by atoms with Gasteiger partial charge in [0.15, 0.2) is 0 Å². The highest BCUT2D eigenvalue weighted by molar-refractivity contribution is 7.80. The average Bonchev–Trinajstić information content (AvgIpc) is 2.03. The van der Waals surface area contributed by atoms with E-state index in [-0.39, 0.29) is 0 Å². The number of benzene rings is 1. The molecule has 0 spiro atoms. The quantitative estimate of drug-likeness (QED) is 0.758. The molecule has 1 nitrogen and oxygen atoms in total. The standard InChI is InChI=1S/C9H10ClNS/c10-8-4-1-7(2-5-8)3-6-9(11)12/h1-2,4-5H,3,6H2,(H2,11,12). The molecule has 0 radical (unpaired) electrons. The van der Waals surface area contributed by atoms with E-state index in [4.69, 9.17) is 29.6 Å². The summed E-state index contributed by atoms with van der Waals surface area (Å²) in [5.74, 6) is 0. The summed E-state index contributed by atoms with van der Waals surface area (Å²) in [6.07, 6.45) is 1.66. The fourth-order valence-electron chi connectivity index (χ4n) is 0.919. The highest BCUT2D eigenvalue weighted by atomic mass is 35.5. The van der Waals surface area contributed by atoms with Crippen molar-refractivity contribution < 1.29 is 0 Å². The van der Waals surface area contributed by atoms with Crippen LogP contribution in [0, 0.1) is 0 Å². The summed E-state index contributed by atoms with van der Waals surface area (Å²) in [6, 6.07) is 7.72. The maximum absolute atomic E-state index is 5.72. The van der Waals surface area contributed by atoms with Crippen molar-refractivity contribution in [3.8, 4) is 0 Å². The number of hydrogen-bond acceptors (Lipinski definition) is 1. The normalized spacial score (nSPS) is 9.75. The maximum atomic E-state index is 5.72. The van der Waals surface area contributed by atoms with Gasteiger partial charge in [-0.3, -0.25) is 0 Å². The molecule has 3 heteroatoms. The first-order chi connectivity index (χ1) is 5.68. The van der Waals surface area contributed by atoms with Crippen LogP contribution in [0.4, 0.5) is 0 Å². The molecule has 0 amide bonds. The van der Waals surface area contributed by atoms with Crippen LogP contribution < -0.4 is 5.73 Å². The highest BCUT2D eigenvalue weighted by Gasteiger charge is 1.94. The van der Waals surface area contributed by atoms with Gasteiger partial charge in [0.1, 0.15) is 0 Å². The Bertz CT molecular complexity index is 268. The molecule has 0 saturated carbocycles. The van der Waals surface area contributed by atoms with Gasteiger partial charge in [-0.15, -0.1) is 0 Å². The number of hydrogen-bond donors (Lipinski definition) is 1. The lowest BCUT2D eigenvalue weighted by Crippen LogP contribution is -2.08. The van der Waals surface area contributed by atoms with Gasteiger partial charge in [-0.2, -0.15) is 0 Å². The molecule has 0 unspecified atom stereocenters. The van der Waals surface area contributed by atoms with E-state index in [1.54, 1.807) is 0 Å². The molecular weight excluding hydrogens is 190 g/mol.